The van der Waals surface area contributed by atoms with Gasteiger partial charge in [0.25, 0.3) is 0 Å². The maximum atomic E-state index is 6.13. The van der Waals surface area contributed by atoms with Crippen molar-refractivity contribution in [3.63, 3.8) is 0 Å². The lowest BCUT2D eigenvalue weighted by molar-refractivity contribution is 0.822. The minimum Gasteiger partial charge on any atom is -0.315 e. The van der Waals surface area contributed by atoms with Gasteiger partial charge >= 0.3 is 0 Å². The molecule has 2 rings (SSSR count). The Hall–Kier alpha value is -0.550. The number of benzene rings is 1. The van der Waals surface area contributed by atoms with Gasteiger partial charge in [0.05, 0.1) is 16.5 Å². The Kier molecular flexibility index (Phi) is 5.06. The van der Waals surface area contributed by atoms with E-state index in [-0.39, 0.29) is 0 Å². The summed E-state index contributed by atoms with van der Waals surface area (Å²) in [5.74, 6) is 0.874. The summed E-state index contributed by atoms with van der Waals surface area (Å²) in [4.78, 5) is 7.01. The van der Waals surface area contributed by atoms with Crippen LogP contribution < -0.4 is 5.32 Å². The highest BCUT2D eigenvalue weighted by molar-refractivity contribution is 7.98. The molecule has 96 valence electrons. The third-order valence-corrected chi connectivity index (χ3v) is 5.33. The van der Waals surface area contributed by atoms with Crippen LogP contribution in [-0.2, 0) is 12.3 Å². The Bertz CT molecular complexity index is 525. The number of thiazole rings is 1. The second-order valence-corrected chi connectivity index (χ2v) is 6.46. The molecule has 0 saturated carbocycles. The van der Waals surface area contributed by atoms with E-state index in [1.54, 1.807) is 23.1 Å². The molecule has 0 bridgehead atoms. The molecule has 0 aliphatic heterocycles. The van der Waals surface area contributed by atoms with Crippen LogP contribution in [0.4, 0.5) is 0 Å². The van der Waals surface area contributed by atoms with Gasteiger partial charge < -0.3 is 5.32 Å². The topological polar surface area (TPSA) is 24.9 Å². The monoisotopic (exact) mass is 298 g/mol. The number of thioether (sulfide) groups is 1. The van der Waals surface area contributed by atoms with Crippen LogP contribution in [0.25, 0.3) is 0 Å². The molecule has 0 amide bonds. The van der Waals surface area contributed by atoms with Crippen LogP contribution in [0.5, 0.6) is 0 Å². The second kappa shape index (κ2) is 6.57. The van der Waals surface area contributed by atoms with Crippen molar-refractivity contribution >= 4 is 34.7 Å². The van der Waals surface area contributed by atoms with Crippen molar-refractivity contribution in [2.24, 2.45) is 0 Å². The lowest BCUT2D eigenvalue weighted by Crippen LogP contribution is -2.04. The van der Waals surface area contributed by atoms with Crippen molar-refractivity contribution in [1.29, 1.82) is 0 Å². The minimum absolute atomic E-state index is 0.811. The fourth-order valence-corrected chi connectivity index (χ4v) is 3.89. The molecule has 0 fully saturated rings. The Morgan fingerprint density at radius 2 is 2.17 bits per heavy atom. The first-order valence-corrected chi connectivity index (χ1v) is 7.86. The Morgan fingerprint density at radius 1 is 1.39 bits per heavy atom. The Labute approximate surface area is 121 Å². The summed E-state index contributed by atoms with van der Waals surface area (Å²) >= 11 is 9.64. The molecule has 0 spiro atoms. The Balaban J connectivity index is 2.02. The SMILES string of the molecule is CNCc1sc(CSc2ccccc2Cl)nc1C. The van der Waals surface area contributed by atoms with Gasteiger partial charge in [-0.1, -0.05) is 23.7 Å². The van der Waals surface area contributed by atoms with Crippen LogP contribution in [0.1, 0.15) is 15.6 Å². The van der Waals surface area contributed by atoms with Gasteiger partial charge in [-0.15, -0.1) is 23.1 Å². The van der Waals surface area contributed by atoms with Crippen LogP contribution in [0.2, 0.25) is 5.02 Å². The van der Waals surface area contributed by atoms with Gasteiger partial charge in [-0.3, -0.25) is 0 Å². The summed E-state index contributed by atoms with van der Waals surface area (Å²) in [5.41, 5.74) is 1.13. The molecule has 0 atom stereocenters. The standard InChI is InChI=1S/C13H15ClN2S2/c1-9-12(7-15-2)18-13(16-9)8-17-11-6-4-3-5-10(11)14/h3-6,15H,7-8H2,1-2H3. The fourth-order valence-electron chi connectivity index (χ4n) is 1.58. The van der Waals surface area contributed by atoms with E-state index in [4.69, 9.17) is 11.6 Å². The first-order valence-electron chi connectivity index (χ1n) is 5.68. The lowest BCUT2D eigenvalue weighted by atomic mass is 10.4. The van der Waals surface area contributed by atoms with Crippen molar-refractivity contribution in [3.05, 3.63) is 44.9 Å². The molecule has 0 saturated heterocycles. The number of halogens is 1. The fraction of sp³-hybridized carbons (Fsp3) is 0.308. The zero-order chi connectivity index (χ0) is 13.0. The van der Waals surface area contributed by atoms with E-state index in [9.17, 15) is 0 Å². The van der Waals surface area contributed by atoms with Gasteiger partial charge in [0.15, 0.2) is 0 Å². The van der Waals surface area contributed by atoms with Crippen LogP contribution in [0.15, 0.2) is 29.2 Å². The molecule has 1 N–H and O–H groups in total. The van der Waals surface area contributed by atoms with Crippen molar-refractivity contribution < 1.29 is 0 Å². The average Bonchev–Trinajstić information content (AvgIpc) is 2.70. The Morgan fingerprint density at radius 3 is 2.89 bits per heavy atom. The molecule has 0 radical (unpaired) electrons. The number of aryl methyl sites for hydroxylation is 1. The van der Waals surface area contributed by atoms with E-state index in [2.05, 4.69) is 17.2 Å². The molecule has 0 aliphatic rings. The molecule has 1 aromatic carbocycles. The predicted octanol–water partition coefficient (Wildman–Crippen LogP) is 4.12. The summed E-state index contributed by atoms with van der Waals surface area (Å²) in [6.45, 7) is 2.95. The van der Waals surface area contributed by atoms with Crippen LogP contribution in [0.3, 0.4) is 0 Å². The highest BCUT2D eigenvalue weighted by Gasteiger charge is 2.08. The summed E-state index contributed by atoms with van der Waals surface area (Å²) in [6.07, 6.45) is 0. The molecule has 5 heteroatoms. The van der Waals surface area contributed by atoms with Crippen LogP contribution in [0, 0.1) is 6.92 Å². The highest BCUT2D eigenvalue weighted by atomic mass is 35.5. The molecular weight excluding hydrogens is 284 g/mol. The number of hydrogen-bond donors (Lipinski definition) is 1. The predicted molar refractivity (Wildman–Crippen MR) is 80.6 cm³/mol. The smallest absolute Gasteiger partial charge is 0.103 e. The van der Waals surface area contributed by atoms with Crippen molar-refractivity contribution in [2.45, 2.75) is 24.1 Å². The first-order chi connectivity index (χ1) is 8.70. The van der Waals surface area contributed by atoms with E-state index in [1.165, 1.54) is 4.88 Å². The van der Waals surface area contributed by atoms with Gasteiger partial charge in [-0.25, -0.2) is 4.98 Å². The maximum absolute atomic E-state index is 6.13. The molecule has 2 aromatic rings. The number of nitrogens with one attached hydrogen (secondary N) is 1. The number of nitrogens with zero attached hydrogens (tertiary/aromatic N) is 1. The normalized spacial score (nSPS) is 10.8. The van der Waals surface area contributed by atoms with Crippen molar-refractivity contribution in [3.8, 4) is 0 Å². The van der Waals surface area contributed by atoms with Crippen LogP contribution in [-0.4, -0.2) is 12.0 Å². The summed E-state index contributed by atoms with van der Waals surface area (Å²) < 4.78 is 0. The molecule has 18 heavy (non-hydrogen) atoms. The third-order valence-electron chi connectivity index (χ3n) is 2.46. The van der Waals surface area contributed by atoms with Gasteiger partial charge in [0.1, 0.15) is 5.01 Å². The number of rotatable bonds is 5. The van der Waals surface area contributed by atoms with E-state index < -0.39 is 0 Å². The molecule has 2 nitrogen and oxygen atoms in total. The van der Waals surface area contributed by atoms with E-state index >= 15 is 0 Å². The minimum atomic E-state index is 0.811. The highest BCUT2D eigenvalue weighted by Crippen LogP contribution is 2.31. The van der Waals surface area contributed by atoms with Gasteiger partial charge in [0.2, 0.25) is 0 Å². The largest absolute Gasteiger partial charge is 0.315 e. The lowest BCUT2D eigenvalue weighted by Gasteiger charge is -2.01. The van der Waals surface area contributed by atoms with E-state index in [0.717, 1.165) is 32.9 Å². The van der Waals surface area contributed by atoms with Gasteiger partial charge in [-0.05, 0) is 26.1 Å². The van der Waals surface area contributed by atoms with E-state index in [0.29, 0.717) is 0 Å². The van der Waals surface area contributed by atoms with Crippen LogP contribution >= 0.6 is 34.7 Å². The molecule has 1 aromatic heterocycles. The van der Waals surface area contributed by atoms with Gasteiger partial charge in [-0.2, -0.15) is 0 Å². The molecule has 0 aliphatic carbocycles. The first kappa shape index (κ1) is 13.9. The zero-order valence-corrected chi connectivity index (χ0v) is 12.8. The molecular formula is C13H15ClN2S2. The quantitative estimate of drug-likeness (QED) is 0.841. The van der Waals surface area contributed by atoms with Gasteiger partial charge in [0, 0.05) is 16.3 Å². The molecule has 0 unspecified atom stereocenters. The zero-order valence-electron chi connectivity index (χ0n) is 10.4. The van der Waals surface area contributed by atoms with Crippen molar-refractivity contribution in [2.75, 3.05) is 7.05 Å². The summed E-state index contributed by atoms with van der Waals surface area (Å²) in [6, 6.07) is 7.92. The summed E-state index contributed by atoms with van der Waals surface area (Å²) in [5, 5.41) is 5.13. The maximum Gasteiger partial charge on any atom is 0.103 e. The second-order valence-electron chi connectivity index (χ2n) is 3.87. The van der Waals surface area contributed by atoms with E-state index in [1.807, 2.05) is 31.3 Å². The number of hydrogen-bond acceptors (Lipinski definition) is 4. The average molecular weight is 299 g/mol. The van der Waals surface area contributed by atoms with Crippen molar-refractivity contribution in [1.82, 2.24) is 10.3 Å². The molecule has 1 heterocycles. The number of aromatic nitrogens is 1. The summed E-state index contributed by atoms with van der Waals surface area (Å²) in [7, 11) is 1.96. The third kappa shape index (κ3) is 3.48.